The van der Waals surface area contributed by atoms with Crippen LogP contribution >= 0.6 is 11.3 Å². The molecule has 6 nitrogen and oxygen atoms in total. The molecule has 19 heavy (non-hydrogen) atoms. The molecule has 2 aromatic rings. The summed E-state index contributed by atoms with van der Waals surface area (Å²) >= 11 is 1.25. The first-order valence-corrected chi connectivity index (χ1v) is 7.95. The van der Waals surface area contributed by atoms with Crippen LogP contribution in [0, 0.1) is 0 Å². The smallest absolute Gasteiger partial charge is 0.273 e. The third kappa shape index (κ3) is 3.72. The van der Waals surface area contributed by atoms with E-state index < -0.39 is 10.0 Å². The van der Waals surface area contributed by atoms with Crippen LogP contribution in [0.15, 0.2) is 34.8 Å². The van der Waals surface area contributed by atoms with Gasteiger partial charge in [-0.3, -0.25) is 0 Å². The maximum absolute atomic E-state index is 12.1. The Kier molecular flexibility index (Phi) is 4.46. The second-order valence-corrected chi connectivity index (χ2v) is 6.83. The van der Waals surface area contributed by atoms with Crippen molar-refractivity contribution < 1.29 is 8.42 Å². The van der Waals surface area contributed by atoms with Crippen LogP contribution in [0.2, 0.25) is 0 Å². The van der Waals surface area contributed by atoms with Crippen molar-refractivity contribution in [2.24, 2.45) is 0 Å². The molecule has 0 aromatic carbocycles. The van der Waals surface area contributed by atoms with Crippen LogP contribution in [-0.2, 0) is 16.4 Å². The van der Waals surface area contributed by atoms with E-state index in [1.54, 1.807) is 12.1 Å². The Morgan fingerprint density at radius 3 is 2.68 bits per heavy atom. The van der Waals surface area contributed by atoms with Gasteiger partial charge in [-0.05, 0) is 38.2 Å². The molecule has 102 valence electrons. The SMILES string of the molecule is CNCCc1ccc(S(=O)(=O)Nc2ncccn2)s1. The summed E-state index contributed by atoms with van der Waals surface area (Å²) in [5.74, 6) is 0.0766. The van der Waals surface area contributed by atoms with Gasteiger partial charge in [-0.15, -0.1) is 11.3 Å². The predicted octanol–water partition coefficient (Wildman–Crippen LogP) is 1.10. The highest BCUT2D eigenvalue weighted by Gasteiger charge is 2.17. The van der Waals surface area contributed by atoms with Crippen molar-refractivity contribution in [1.29, 1.82) is 0 Å². The van der Waals surface area contributed by atoms with Crippen LogP contribution in [0.3, 0.4) is 0 Å². The third-order valence-corrected chi connectivity index (χ3v) is 5.28. The molecular weight excluding hydrogens is 284 g/mol. The van der Waals surface area contributed by atoms with Gasteiger partial charge in [-0.2, -0.15) is 0 Å². The van der Waals surface area contributed by atoms with Gasteiger partial charge < -0.3 is 5.32 Å². The number of anilines is 1. The molecule has 0 saturated heterocycles. The highest BCUT2D eigenvalue weighted by molar-refractivity contribution is 7.94. The second kappa shape index (κ2) is 6.09. The Labute approximate surface area is 116 Å². The number of hydrogen-bond acceptors (Lipinski definition) is 6. The van der Waals surface area contributed by atoms with E-state index in [9.17, 15) is 8.42 Å². The Hall–Kier alpha value is -1.51. The second-order valence-electron chi connectivity index (χ2n) is 3.75. The Bertz CT molecular complexity index is 625. The van der Waals surface area contributed by atoms with E-state index in [-0.39, 0.29) is 10.2 Å². The van der Waals surface area contributed by atoms with Crippen LogP contribution in [-0.4, -0.2) is 32.0 Å². The lowest BCUT2D eigenvalue weighted by molar-refractivity contribution is 0.602. The van der Waals surface area contributed by atoms with Gasteiger partial charge in [0.05, 0.1) is 0 Å². The summed E-state index contributed by atoms with van der Waals surface area (Å²) in [5, 5.41) is 3.03. The van der Waals surface area contributed by atoms with Gasteiger partial charge in [0, 0.05) is 17.3 Å². The molecule has 0 saturated carbocycles. The molecule has 0 aliphatic rings. The van der Waals surface area contributed by atoms with E-state index in [1.807, 2.05) is 13.1 Å². The van der Waals surface area contributed by atoms with Gasteiger partial charge >= 0.3 is 0 Å². The van der Waals surface area contributed by atoms with Crippen LogP contribution in [0.5, 0.6) is 0 Å². The molecule has 2 N–H and O–H groups in total. The van der Waals surface area contributed by atoms with E-state index in [1.165, 1.54) is 23.7 Å². The van der Waals surface area contributed by atoms with Crippen molar-refractivity contribution in [1.82, 2.24) is 15.3 Å². The number of nitrogens with zero attached hydrogens (tertiary/aromatic N) is 2. The van der Waals surface area contributed by atoms with E-state index in [0.717, 1.165) is 17.8 Å². The summed E-state index contributed by atoms with van der Waals surface area (Å²) in [4.78, 5) is 8.70. The number of thiophene rings is 1. The average Bonchev–Trinajstić information content (AvgIpc) is 2.86. The minimum atomic E-state index is -3.59. The van der Waals surface area contributed by atoms with Crippen molar-refractivity contribution in [3.05, 3.63) is 35.5 Å². The maximum atomic E-state index is 12.1. The van der Waals surface area contributed by atoms with Crippen LogP contribution in [0.1, 0.15) is 4.88 Å². The molecule has 2 rings (SSSR count). The van der Waals surface area contributed by atoms with Crippen molar-refractivity contribution in [2.75, 3.05) is 18.3 Å². The molecule has 0 amide bonds. The van der Waals surface area contributed by atoms with Gasteiger partial charge in [0.2, 0.25) is 5.95 Å². The van der Waals surface area contributed by atoms with Crippen LogP contribution < -0.4 is 10.0 Å². The quantitative estimate of drug-likeness (QED) is 0.834. The van der Waals surface area contributed by atoms with E-state index in [0.29, 0.717) is 0 Å². The molecule has 2 aromatic heterocycles. The first-order valence-electron chi connectivity index (χ1n) is 5.65. The standard InChI is InChI=1S/C11H14N4O2S2/c1-12-8-5-9-3-4-10(18-9)19(16,17)15-11-13-6-2-7-14-11/h2-4,6-7,12H,5,8H2,1H3,(H,13,14,15). The maximum Gasteiger partial charge on any atom is 0.273 e. The topological polar surface area (TPSA) is 84.0 Å². The van der Waals surface area contributed by atoms with E-state index in [4.69, 9.17) is 0 Å². The normalized spacial score (nSPS) is 11.4. The largest absolute Gasteiger partial charge is 0.319 e. The molecule has 0 spiro atoms. The van der Waals surface area contributed by atoms with E-state index >= 15 is 0 Å². The highest BCUT2D eigenvalue weighted by atomic mass is 32.2. The fourth-order valence-electron chi connectivity index (χ4n) is 1.41. The minimum absolute atomic E-state index is 0.0766. The molecule has 0 aliphatic heterocycles. The number of rotatable bonds is 6. The predicted molar refractivity (Wildman–Crippen MR) is 74.8 cm³/mol. The average molecular weight is 298 g/mol. The molecule has 0 radical (unpaired) electrons. The highest BCUT2D eigenvalue weighted by Crippen LogP contribution is 2.23. The van der Waals surface area contributed by atoms with Crippen LogP contribution in [0.25, 0.3) is 0 Å². The number of likely N-dealkylation sites (N-methyl/N-ethyl adjacent to an activating group) is 1. The lowest BCUT2D eigenvalue weighted by Gasteiger charge is -2.03. The van der Waals surface area contributed by atoms with Gasteiger partial charge in [0.25, 0.3) is 10.0 Å². The van der Waals surface area contributed by atoms with Crippen molar-refractivity contribution >= 4 is 27.3 Å². The zero-order chi connectivity index (χ0) is 13.7. The molecular formula is C11H14N4O2S2. The summed E-state index contributed by atoms with van der Waals surface area (Å²) in [6, 6.07) is 5.04. The summed E-state index contributed by atoms with van der Waals surface area (Å²) in [5.41, 5.74) is 0. The Morgan fingerprint density at radius 1 is 1.26 bits per heavy atom. The van der Waals surface area contributed by atoms with Gasteiger partial charge in [0.1, 0.15) is 4.21 Å². The molecule has 0 aliphatic carbocycles. The Morgan fingerprint density at radius 2 is 2.00 bits per heavy atom. The van der Waals surface area contributed by atoms with Gasteiger partial charge in [0.15, 0.2) is 0 Å². The lowest BCUT2D eigenvalue weighted by Crippen LogP contribution is -2.13. The monoisotopic (exact) mass is 298 g/mol. The van der Waals surface area contributed by atoms with Gasteiger partial charge in [-0.1, -0.05) is 0 Å². The van der Waals surface area contributed by atoms with Gasteiger partial charge in [-0.25, -0.2) is 23.1 Å². The molecule has 0 fully saturated rings. The minimum Gasteiger partial charge on any atom is -0.319 e. The fourth-order valence-corrected chi connectivity index (χ4v) is 3.72. The number of aromatic nitrogens is 2. The first kappa shape index (κ1) is 13.9. The van der Waals surface area contributed by atoms with Crippen LogP contribution in [0.4, 0.5) is 5.95 Å². The zero-order valence-electron chi connectivity index (χ0n) is 10.3. The lowest BCUT2D eigenvalue weighted by atomic mass is 10.3. The number of hydrogen-bond donors (Lipinski definition) is 2. The molecule has 0 atom stereocenters. The summed E-state index contributed by atoms with van der Waals surface area (Å²) in [7, 11) is -1.73. The summed E-state index contributed by atoms with van der Waals surface area (Å²) in [6.07, 6.45) is 3.77. The fraction of sp³-hybridized carbons (Fsp3) is 0.273. The molecule has 0 bridgehead atoms. The van der Waals surface area contributed by atoms with Crippen molar-refractivity contribution in [3.8, 4) is 0 Å². The number of sulfonamides is 1. The Balaban J connectivity index is 2.13. The summed E-state index contributed by atoms with van der Waals surface area (Å²) in [6.45, 7) is 0.815. The molecule has 8 heteroatoms. The van der Waals surface area contributed by atoms with Crippen molar-refractivity contribution in [3.63, 3.8) is 0 Å². The summed E-state index contributed by atoms with van der Waals surface area (Å²) < 4.78 is 26.8. The zero-order valence-corrected chi connectivity index (χ0v) is 12.0. The molecule has 0 unspecified atom stereocenters. The van der Waals surface area contributed by atoms with Crippen molar-refractivity contribution in [2.45, 2.75) is 10.6 Å². The number of nitrogens with one attached hydrogen (secondary N) is 2. The molecule has 2 heterocycles. The third-order valence-electron chi connectivity index (χ3n) is 2.31. The first-order chi connectivity index (χ1) is 9.12. The van der Waals surface area contributed by atoms with E-state index in [2.05, 4.69) is 20.0 Å².